The van der Waals surface area contributed by atoms with Crippen LogP contribution < -0.4 is 5.32 Å². The monoisotopic (exact) mass is 277 g/mol. The van der Waals surface area contributed by atoms with Crippen LogP contribution in [0.25, 0.3) is 0 Å². The Labute approximate surface area is 101 Å². The van der Waals surface area contributed by atoms with Gasteiger partial charge in [-0.15, -0.1) is 0 Å². The first-order valence-electron chi connectivity index (χ1n) is 4.58. The Balaban J connectivity index is 2.15. The van der Waals surface area contributed by atoms with Crippen molar-refractivity contribution in [3.05, 3.63) is 53.0 Å². The number of anilines is 1. The van der Waals surface area contributed by atoms with Crippen molar-refractivity contribution in [3.63, 3.8) is 0 Å². The molecule has 0 saturated heterocycles. The average Bonchev–Trinajstić information content (AvgIpc) is 2.30. The van der Waals surface area contributed by atoms with Gasteiger partial charge in [-0.1, -0.05) is 15.9 Å². The summed E-state index contributed by atoms with van der Waals surface area (Å²) in [7, 11) is 0. The molecule has 2 aromatic rings. The van der Waals surface area contributed by atoms with Crippen LogP contribution in [0.3, 0.4) is 0 Å². The first-order chi connectivity index (χ1) is 7.75. The number of aromatic nitrogens is 2. The van der Waals surface area contributed by atoms with Gasteiger partial charge in [0.1, 0.15) is 5.69 Å². The van der Waals surface area contributed by atoms with E-state index < -0.39 is 0 Å². The minimum atomic E-state index is -0.243. The maximum Gasteiger partial charge on any atom is 0.274 e. The quantitative estimate of drug-likeness (QED) is 0.918. The molecule has 80 valence electrons. The van der Waals surface area contributed by atoms with Gasteiger partial charge in [-0.2, -0.15) is 0 Å². The lowest BCUT2D eigenvalue weighted by Gasteiger charge is -2.03. The van der Waals surface area contributed by atoms with Gasteiger partial charge in [-0.05, 0) is 24.3 Å². The lowest BCUT2D eigenvalue weighted by atomic mass is 10.3. The number of rotatable bonds is 2. The van der Waals surface area contributed by atoms with Crippen LogP contribution in [0.1, 0.15) is 10.5 Å². The number of pyridine rings is 2. The van der Waals surface area contributed by atoms with E-state index >= 15 is 0 Å². The number of nitrogens with one attached hydrogen (secondary N) is 1. The van der Waals surface area contributed by atoms with E-state index in [1.165, 1.54) is 0 Å². The van der Waals surface area contributed by atoms with Crippen LogP contribution in [0.2, 0.25) is 0 Å². The normalized spacial score (nSPS) is 9.81. The summed E-state index contributed by atoms with van der Waals surface area (Å²) >= 11 is 3.29. The fourth-order valence-electron chi connectivity index (χ4n) is 1.16. The van der Waals surface area contributed by atoms with E-state index in [9.17, 15) is 4.79 Å². The van der Waals surface area contributed by atoms with Crippen LogP contribution in [-0.4, -0.2) is 15.9 Å². The molecule has 0 radical (unpaired) electrons. The molecule has 2 rings (SSSR count). The predicted molar refractivity (Wildman–Crippen MR) is 64.1 cm³/mol. The van der Waals surface area contributed by atoms with Gasteiger partial charge in [0.25, 0.3) is 5.91 Å². The van der Waals surface area contributed by atoms with Crippen molar-refractivity contribution >= 4 is 27.5 Å². The first kappa shape index (κ1) is 10.8. The van der Waals surface area contributed by atoms with Crippen LogP contribution in [0, 0.1) is 0 Å². The van der Waals surface area contributed by atoms with E-state index in [0.29, 0.717) is 11.4 Å². The summed E-state index contributed by atoms with van der Waals surface area (Å²) in [5.41, 5.74) is 1.06. The maximum atomic E-state index is 11.8. The summed E-state index contributed by atoms with van der Waals surface area (Å²) in [6.45, 7) is 0. The topological polar surface area (TPSA) is 54.9 Å². The van der Waals surface area contributed by atoms with Crippen molar-refractivity contribution < 1.29 is 4.79 Å². The molecule has 2 aromatic heterocycles. The highest BCUT2D eigenvalue weighted by Gasteiger charge is 2.07. The minimum absolute atomic E-state index is 0.243. The second-order valence-corrected chi connectivity index (χ2v) is 3.96. The van der Waals surface area contributed by atoms with Crippen molar-refractivity contribution in [1.82, 2.24) is 9.97 Å². The molecule has 0 aliphatic heterocycles. The zero-order valence-corrected chi connectivity index (χ0v) is 9.81. The lowest BCUT2D eigenvalue weighted by Crippen LogP contribution is -2.13. The van der Waals surface area contributed by atoms with Crippen LogP contribution in [-0.2, 0) is 0 Å². The minimum Gasteiger partial charge on any atom is -0.321 e. The van der Waals surface area contributed by atoms with Crippen LogP contribution in [0.4, 0.5) is 5.69 Å². The largest absolute Gasteiger partial charge is 0.321 e. The molecule has 1 amide bonds. The molecular weight excluding hydrogens is 270 g/mol. The van der Waals surface area contributed by atoms with Gasteiger partial charge in [0.2, 0.25) is 0 Å². The smallest absolute Gasteiger partial charge is 0.274 e. The second kappa shape index (κ2) is 4.85. The molecule has 4 nitrogen and oxygen atoms in total. The third kappa shape index (κ3) is 2.64. The number of amides is 1. The predicted octanol–water partition coefficient (Wildman–Crippen LogP) is 2.49. The van der Waals surface area contributed by atoms with Crippen molar-refractivity contribution in [3.8, 4) is 0 Å². The number of halogens is 1. The zero-order chi connectivity index (χ0) is 11.4. The molecule has 1 N–H and O–H groups in total. The number of carbonyl (C=O) groups excluding carboxylic acids is 1. The Bertz CT molecular complexity index is 502. The molecule has 2 heterocycles. The van der Waals surface area contributed by atoms with E-state index in [0.717, 1.165) is 4.47 Å². The fourth-order valence-corrected chi connectivity index (χ4v) is 1.49. The molecule has 0 fully saturated rings. The molecule has 0 saturated carbocycles. The molecular formula is C11H8BrN3O. The standard InChI is InChI=1S/C11H8BrN3O/c12-8-1-6-14-10(7-8)11(16)15-9-2-4-13-5-3-9/h1-7H,(H,13,15,16). The summed E-state index contributed by atoms with van der Waals surface area (Å²) in [6.07, 6.45) is 4.81. The van der Waals surface area contributed by atoms with Crippen molar-refractivity contribution in [1.29, 1.82) is 0 Å². The van der Waals surface area contributed by atoms with Crippen molar-refractivity contribution in [2.45, 2.75) is 0 Å². The SMILES string of the molecule is O=C(Nc1ccncc1)c1cc(Br)ccn1. The highest BCUT2D eigenvalue weighted by Crippen LogP contribution is 2.11. The molecule has 0 aliphatic carbocycles. The van der Waals surface area contributed by atoms with Gasteiger partial charge in [0, 0.05) is 28.8 Å². The van der Waals surface area contributed by atoms with Crippen LogP contribution >= 0.6 is 15.9 Å². The van der Waals surface area contributed by atoms with Gasteiger partial charge in [0.05, 0.1) is 0 Å². The van der Waals surface area contributed by atoms with Crippen LogP contribution in [0.5, 0.6) is 0 Å². The number of hydrogen-bond donors (Lipinski definition) is 1. The molecule has 0 bridgehead atoms. The zero-order valence-electron chi connectivity index (χ0n) is 8.22. The molecule has 0 unspecified atom stereocenters. The Hall–Kier alpha value is -1.75. The van der Waals surface area contributed by atoms with Gasteiger partial charge in [0.15, 0.2) is 0 Å². The molecule has 0 aromatic carbocycles. The summed E-state index contributed by atoms with van der Waals surface area (Å²) in [5, 5.41) is 2.72. The third-order valence-electron chi connectivity index (χ3n) is 1.89. The van der Waals surface area contributed by atoms with Crippen molar-refractivity contribution in [2.24, 2.45) is 0 Å². The summed E-state index contributed by atoms with van der Waals surface area (Å²) in [6, 6.07) is 6.87. The third-order valence-corrected chi connectivity index (χ3v) is 2.39. The number of hydrogen-bond acceptors (Lipinski definition) is 3. The van der Waals surface area contributed by atoms with E-state index in [2.05, 4.69) is 31.2 Å². The van der Waals surface area contributed by atoms with Gasteiger partial charge in [-0.3, -0.25) is 14.8 Å². The van der Waals surface area contributed by atoms with Gasteiger partial charge >= 0.3 is 0 Å². The number of carbonyl (C=O) groups is 1. The highest BCUT2D eigenvalue weighted by molar-refractivity contribution is 9.10. The Kier molecular flexibility index (Phi) is 3.26. The summed E-state index contributed by atoms with van der Waals surface area (Å²) < 4.78 is 0.822. The molecule has 16 heavy (non-hydrogen) atoms. The summed E-state index contributed by atoms with van der Waals surface area (Å²) in [5.74, 6) is -0.243. The van der Waals surface area contributed by atoms with Gasteiger partial charge < -0.3 is 5.32 Å². The molecule has 5 heteroatoms. The lowest BCUT2D eigenvalue weighted by molar-refractivity contribution is 0.102. The Morgan fingerprint density at radius 1 is 1.19 bits per heavy atom. The van der Waals surface area contributed by atoms with Crippen LogP contribution in [0.15, 0.2) is 47.3 Å². The van der Waals surface area contributed by atoms with E-state index in [4.69, 9.17) is 0 Å². The van der Waals surface area contributed by atoms with Crippen molar-refractivity contribution in [2.75, 3.05) is 5.32 Å². The second-order valence-electron chi connectivity index (χ2n) is 3.05. The molecule has 0 spiro atoms. The van der Waals surface area contributed by atoms with E-state index in [-0.39, 0.29) is 5.91 Å². The average molecular weight is 278 g/mol. The molecule has 0 aliphatic rings. The highest BCUT2D eigenvalue weighted by atomic mass is 79.9. The summed E-state index contributed by atoms with van der Waals surface area (Å²) in [4.78, 5) is 19.6. The maximum absolute atomic E-state index is 11.8. The van der Waals surface area contributed by atoms with Gasteiger partial charge in [-0.25, -0.2) is 0 Å². The Morgan fingerprint density at radius 2 is 1.94 bits per heavy atom. The van der Waals surface area contributed by atoms with E-state index in [1.54, 1.807) is 42.9 Å². The molecule has 0 atom stereocenters. The fraction of sp³-hybridized carbons (Fsp3) is 0. The van der Waals surface area contributed by atoms with E-state index in [1.807, 2.05) is 0 Å². The first-order valence-corrected chi connectivity index (χ1v) is 5.38. The Morgan fingerprint density at radius 3 is 2.62 bits per heavy atom. The number of nitrogens with zero attached hydrogens (tertiary/aromatic N) is 2.